The number of urea groups is 1. The Morgan fingerprint density at radius 3 is 2.56 bits per heavy atom. The van der Waals surface area contributed by atoms with Gasteiger partial charge in [0, 0.05) is 25.2 Å². The van der Waals surface area contributed by atoms with Crippen molar-refractivity contribution in [1.82, 2.24) is 10.2 Å². The molecule has 0 saturated heterocycles. The summed E-state index contributed by atoms with van der Waals surface area (Å²) >= 11 is 5.87. The molecular formula is C19H21ClN2O3. The van der Waals surface area contributed by atoms with Crippen LogP contribution in [0.5, 0.6) is 5.75 Å². The molecule has 0 unspecified atom stereocenters. The van der Waals surface area contributed by atoms with Crippen molar-refractivity contribution in [1.29, 1.82) is 0 Å². The van der Waals surface area contributed by atoms with Crippen molar-refractivity contribution >= 4 is 23.6 Å². The zero-order chi connectivity index (χ0) is 18.2. The number of amides is 2. The van der Waals surface area contributed by atoms with Gasteiger partial charge in [-0.25, -0.2) is 4.79 Å². The topological polar surface area (TPSA) is 58.6 Å². The first kappa shape index (κ1) is 18.8. The van der Waals surface area contributed by atoms with Crippen LogP contribution in [-0.2, 0) is 11.3 Å². The maximum absolute atomic E-state index is 12.0. The molecule has 132 valence electrons. The molecule has 2 amide bonds. The number of hydrogen-bond donors (Lipinski definition) is 1. The Morgan fingerprint density at radius 2 is 1.88 bits per heavy atom. The molecule has 0 spiro atoms. The second kappa shape index (κ2) is 9.08. The van der Waals surface area contributed by atoms with Gasteiger partial charge in [-0.1, -0.05) is 41.9 Å². The van der Waals surface area contributed by atoms with E-state index in [1.807, 2.05) is 37.3 Å². The first-order valence-corrected chi connectivity index (χ1v) is 8.33. The summed E-state index contributed by atoms with van der Waals surface area (Å²) in [5.74, 6) is 0.0679. The summed E-state index contributed by atoms with van der Waals surface area (Å²) < 4.78 is 5.28. The summed E-state index contributed by atoms with van der Waals surface area (Å²) in [6.07, 6.45) is 0.0903. The predicted octanol–water partition coefficient (Wildman–Crippen LogP) is 3.79. The van der Waals surface area contributed by atoms with Gasteiger partial charge < -0.3 is 15.0 Å². The molecule has 0 aromatic heterocycles. The Kier molecular flexibility index (Phi) is 6.83. The zero-order valence-electron chi connectivity index (χ0n) is 14.3. The lowest BCUT2D eigenvalue weighted by molar-refractivity contribution is -0.134. The number of carbonyl (C=O) groups is 2. The minimum absolute atomic E-state index is 0.0903. The maximum atomic E-state index is 12.0. The van der Waals surface area contributed by atoms with E-state index in [1.165, 1.54) is 0 Å². The highest BCUT2D eigenvalue weighted by Gasteiger charge is 2.11. The van der Waals surface area contributed by atoms with Crippen LogP contribution in [-0.4, -0.2) is 30.5 Å². The second-order valence-corrected chi connectivity index (χ2v) is 6.14. The van der Waals surface area contributed by atoms with Crippen LogP contribution in [0.4, 0.5) is 4.79 Å². The number of nitrogens with zero attached hydrogens (tertiary/aromatic N) is 1. The van der Waals surface area contributed by atoms with Gasteiger partial charge in [-0.05, 0) is 36.2 Å². The summed E-state index contributed by atoms with van der Waals surface area (Å²) in [7, 11) is 1.71. The van der Waals surface area contributed by atoms with Gasteiger partial charge in [-0.3, -0.25) is 4.79 Å². The minimum atomic E-state index is -0.406. The molecule has 2 aromatic carbocycles. The van der Waals surface area contributed by atoms with Crippen molar-refractivity contribution < 1.29 is 14.3 Å². The van der Waals surface area contributed by atoms with E-state index in [-0.39, 0.29) is 19.0 Å². The third-order valence-electron chi connectivity index (χ3n) is 3.58. The van der Waals surface area contributed by atoms with E-state index >= 15 is 0 Å². The van der Waals surface area contributed by atoms with E-state index in [4.69, 9.17) is 16.3 Å². The molecule has 0 fully saturated rings. The van der Waals surface area contributed by atoms with Crippen LogP contribution in [0.25, 0.3) is 0 Å². The van der Waals surface area contributed by atoms with Crippen LogP contribution in [0.3, 0.4) is 0 Å². The lowest BCUT2D eigenvalue weighted by Gasteiger charge is -2.18. The van der Waals surface area contributed by atoms with Crippen molar-refractivity contribution in [2.24, 2.45) is 0 Å². The van der Waals surface area contributed by atoms with Crippen LogP contribution in [0, 0.1) is 6.92 Å². The molecular weight excluding hydrogens is 340 g/mol. The highest BCUT2D eigenvalue weighted by molar-refractivity contribution is 6.30. The minimum Gasteiger partial charge on any atom is -0.426 e. The van der Waals surface area contributed by atoms with Crippen LogP contribution in [0.2, 0.25) is 5.02 Å². The highest BCUT2D eigenvalue weighted by atomic mass is 35.5. The summed E-state index contributed by atoms with van der Waals surface area (Å²) in [5, 5.41) is 3.30. The lowest BCUT2D eigenvalue weighted by Crippen LogP contribution is -2.38. The van der Waals surface area contributed by atoms with Gasteiger partial charge in [-0.2, -0.15) is 0 Å². The van der Waals surface area contributed by atoms with Gasteiger partial charge in [0.2, 0.25) is 0 Å². The molecule has 0 aliphatic rings. The summed E-state index contributed by atoms with van der Waals surface area (Å²) in [4.78, 5) is 25.5. The van der Waals surface area contributed by atoms with E-state index in [2.05, 4.69) is 5.32 Å². The normalized spacial score (nSPS) is 10.2. The van der Waals surface area contributed by atoms with Gasteiger partial charge in [-0.15, -0.1) is 0 Å². The van der Waals surface area contributed by atoms with E-state index in [0.717, 1.165) is 11.1 Å². The average Bonchev–Trinajstić information content (AvgIpc) is 2.58. The second-order valence-electron chi connectivity index (χ2n) is 5.71. The predicted molar refractivity (Wildman–Crippen MR) is 97.7 cm³/mol. The average molecular weight is 361 g/mol. The van der Waals surface area contributed by atoms with Crippen molar-refractivity contribution in [3.63, 3.8) is 0 Å². The summed E-state index contributed by atoms with van der Waals surface area (Å²) in [5.41, 5.74) is 1.82. The molecule has 0 aliphatic heterocycles. The largest absolute Gasteiger partial charge is 0.426 e. The van der Waals surface area contributed by atoms with Crippen LogP contribution in [0.1, 0.15) is 17.5 Å². The Balaban J connectivity index is 1.73. The fourth-order valence-corrected chi connectivity index (χ4v) is 2.46. The first-order chi connectivity index (χ1) is 12.0. The summed E-state index contributed by atoms with van der Waals surface area (Å²) in [6, 6.07) is 14.5. The number of halogens is 1. The number of benzene rings is 2. The number of aryl methyl sites for hydroxylation is 1. The maximum Gasteiger partial charge on any atom is 0.317 e. The van der Waals surface area contributed by atoms with E-state index < -0.39 is 5.97 Å². The molecule has 0 aliphatic carbocycles. The van der Waals surface area contributed by atoms with E-state index in [0.29, 0.717) is 17.3 Å². The van der Waals surface area contributed by atoms with Crippen molar-refractivity contribution in [2.75, 3.05) is 13.6 Å². The molecule has 2 aromatic rings. The van der Waals surface area contributed by atoms with Crippen LogP contribution >= 0.6 is 11.6 Å². The number of esters is 1. The van der Waals surface area contributed by atoms with E-state index in [9.17, 15) is 9.59 Å². The molecule has 0 radical (unpaired) electrons. The van der Waals surface area contributed by atoms with E-state index in [1.54, 1.807) is 30.1 Å². The van der Waals surface area contributed by atoms with Gasteiger partial charge in [0.05, 0.1) is 6.42 Å². The highest BCUT2D eigenvalue weighted by Crippen LogP contribution is 2.22. The molecule has 0 bridgehead atoms. The molecule has 0 heterocycles. The van der Waals surface area contributed by atoms with Crippen molar-refractivity contribution in [2.45, 2.75) is 19.9 Å². The van der Waals surface area contributed by atoms with Gasteiger partial charge in [0.25, 0.3) is 0 Å². The molecule has 2 rings (SSSR count). The fourth-order valence-electron chi connectivity index (χ4n) is 2.24. The van der Waals surface area contributed by atoms with Crippen LogP contribution < -0.4 is 10.1 Å². The van der Waals surface area contributed by atoms with Gasteiger partial charge >= 0.3 is 12.0 Å². The molecule has 5 nitrogen and oxygen atoms in total. The number of ether oxygens (including phenoxy) is 1. The first-order valence-electron chi connectivity index (χ1n) is 7.95. The number of carbonyl (C=O) groups excluding carboxylic acids is 2. The molecule has 0 atom stereocenters. The van der Waals surface area contributed by atoms with Crippen LogP contribution in [0.15, 0.2) is 48.5 Å². The number of rotatable bonds is 6. The number of nitrogens with one attached hydrogen (secondary N) is 1. The standard InChI is InChI=1S/C19H21ClN2O3/c1-14-12-16(20)8-9-17(14)25-18(23)10-11-21-19(24)22(2)13-15-6-4-3-5-7-15/h3-9,12H,10-11,13H2,1-2H3,(H,21,24). The zero-order valence-corrected chi connectivity index (χ0v) is 15.0. The monoisotopic (exact) mass is 360 g/mol. The van der Waals surface area contributed by atoms with Crippen molar-refractivity contribution in [3.05, 3.63) is 64.7 Å². The third-order valence-corrected chi connectivity index (χ3v) is 3.81. The summed E-state index contributed by atoms with van der Waals surface area (Å²) in [6.45, 7) is 2.53. The SMILES string of the molecule is Cc1cc(Cl)ccc1OC(=O)CCNC(=O)N(C)Cc1ccccc1. The van der Waals surface area contributed by atoms with Gasteiger partial charge in [0.15, 0.2) is 0 Å². The third kappa shape index (κ3) is 6.12. The van der Waals surface area contributed by atoms with Crippen molar-refractivity contribution in [3.8, 4) is 5.75 Å². The Morgan fingerprint density at radius 1 is 1.16 bits per heavy atom. The molecule has 0 saturated carbocycles. The Hall–Kier alpha value is -2.53. The molecule has 6 heteroatoms. The molecule has 1 N–H and O–H groups in total. The quantitative estimate of drug-likeness (QED) is 0.630. The Labute approximate surface area is 152 Å². The Bertz CT molecular complexity index is 735. The lowest BCUT2D eigenvalue weighted by atomic mass is 10.2. The fraction of sp³-hybridized carbons (Fsp3) is 0.263. The number of hydrogen-bond acceptors (Lipinski definition) is 3. The smallest absolute Gasteiger partial charge is 0.317 e. The molecule has 25 heavy (non-hydrogen) atoms. The van der Waals surface area contributed by atoms with Gasteiger partial charge in [0.1, 0.15) is 5.75 Å².